The zero-order valence-corrected chi connectivity index (χ0v) is 20.9. The van der Waals surface area contributed by atoms with E-state index in [4.69, 9.17) is 16.2 Å². The van der Waals surface area contributed by atoms with Crippen LogP contribution >= 0.6 is 22.9 Å². The number of carbonyl (C=O) groups is 3. The first-order chi connectivity index (χ1) is 16.9. The molecule has 3 heterocycles. The molecule has 5 N–H and O–H groups in total. The molecule has 0 unspecified atom stereocenters. The number of thiophene rings is 1. The number of hydrogen-bond acceptors (Lipinski definition) is 8. The van der Waals surface area contributed by atoms with Crippen LogP contribution in [0.2, 0.25) is 0 Å². The molecular formula is C24H27N5O4S2. The van der Waals surface area contributed by atoms with Crippen molar-refractivity contribution in [1.82, 2.24) is 9.69 Å². The Bertz CT molecular complexity index is 1190. The summed E-state index contributed by atoms with van der Waals surface area (Å²) in [6, 6.07) is 10.1. The summed E-state index contributed by atoms with van der Waals surface area (Å²) in [6.07, 6.45) is 2.61. The summed E-state index contributed by atoms with van der Waals surface area (Å²) in [6.45, 7) is 3.07. The van der Waals surface area contributed by atoms with Gasteiger partial charge in [0.05, 0.1) is 11.8 Å². The molecule has 0 saturated carbocycles. The van der Waals surface area contributed by atoms with Crippen LogP contribution < -0.4 is 21.7 Å². The van der Waals surface area contributed by atoms with Gasteiger partial charge in [-0.05, 0) is 59.9 Å². The van der Waals surface area contributed by atoms with Crippen LogP contribution in [0.25, 0.3) is 0 Å². The molecule has 0 aliphatic carbocycles. The lowest BCUT2D eigenvalue weighted by molar-refractivity contribution is -0.122. The second kappa shape index (κ2) is 11.0. The Hall–Kier alpha value is -3.28. The van der Waals surface area contributed by atoms with Gasteiger partial charge in [-0.2, -0.15) is 4.37 Å². The minimum Gasteiger partial charge on any atom is -0.395 e. The number of carbonyl (C=O) groups excluding carboxylic acids is 3. The molecule has 1 saturated heterocycles. The van der Waals surface area contributed by atoms with Crippen molar-refractivity contribution in [2.75, 3.05) is 23.8 Å². The van der Waals surface area contributed by atoms with Gasteiger partial charge in [0.2, 0.25) is 5.91 Å². The van der Waals surface area contributed by atoms with Crippen LogP contribution in [0.1, 0.15) is 56.4 Å². The molecule has 35 heavy (non-hydrogen) atoms. The molecule has 0 spiro atoms. The van der Waals surface area contributed by atoms with E-state index in [1.54, 1.807) is 12.1 Å². The number of benzene rings is 1. The number of hydrogen-bond donors (Lipinski definition) is 3. The molecule has 0 bridgehead atoms. The Labute approximate surface area is 211 Å². The third-order valence-electron chi connectivity index (χ3n) is 5.84. The quantitative estimate of drug-likeness (QED) is 0.401. The molecule has 1 aliphatic rings. The van der Waals surface area contributed by atoms with E-state index in [2.05, 4.69) is 9.69 Å². The number of amides is 3. The first-order valence-electron chi connectivity index (χ1n) is 11.3. The molecule has 9 nitrogen and oxygen atoms in total. The molecule has 184 valence electrons. The number of nitrogens with zero attached hydrogens (tertiary/aromatic N) is 2. The Morgan fingerprint density at radius 1 is 1.26 bits per heavy atom. The molecule has 2 aromatic heterocycles. The van der Waals surface area contributed by atoms with E-state index in [0.29, 0.717) is 23.7 Å². The van der Waals surface area contributed by atoms with E-state index in [1.807, 2.05) is 36.6 Å². The van der Waals surface area contributed by atoms with E-state index in [-0.39, 0.29) is 28.3 Å². The molecular weight excluding hydrogens is 486 g/mol. The van der Waals surface area contributed by atoms with E-state index >= 15 is 0 Å². The van der Waals surface area contributed by atoms with Crippen LogP contribution in [-0.2, 0) is 16.0 Å². The van der Waals surface area contributed by atoms with Gasteiger partial charge in [-0.25, -0.2) is 0 Å². The highest BCUT2D eigenvalue weighted by molar-refractivity contribution is 7.10. The van der Waals surface area contributed by atoms with E-state index < -0.39 is 17.9 Å². The smallest absolute Gasteiger partial charge is 0.273 e. The molecule has 4 rings (SSSR count). The van der Waals surface area contributed by atoms with Gasteiger partial charge in [0, 0.05) is 23.7 Å². The maximum atomic E-state index is 13.9. The van der Waals surface area contributed by atoms with E-state index in [9.17, 15) is 14.4 Å². The van der Waals surface area contributed by atoms with Crippen molar-refractivity contribution in [3.63, 3.8) is 0 Å². The van der Waals surface area contributed by atoms with E-state index in [0.717, 1.165) is 36.4 Å². The largest absolute Gasteiger partial charge is 0.395 e. The van der Waals surface area contributed by atoms with Crippen LogP contribution in [0.4, 0.5) is 11.4 Å². The number of nitrogens with two attached hydrogens (primary N) is 2. The fourth-order valence-electron chi connectivity index (χ4n) is 3.95. The summed E-state index contributed by atoms with van der Waals surface area (Å²) in [5.74, 6) is -1.70. The van der Waals surface area contributed by atoms with Crippen molar-refractivity contribution in [2.24, 2.45) is 5.73 Å². The number of aryl methyl sites for hydroxylation is 1. The van der Waals surface area contributed by atoms with Crippen LogP contribution in [0.5, 0.6) is 0 Å². The minimum atomic E-state index is -0.963. The monoisotopic (exact) mass is 513 g/mol. The molecule has 1 aromatic carbocycles. The van der Waals surface area contributed by atoms with Crippen molar-refractivity contribution in [3.8, 4) is 0 Å². The lowest BCUT2D eigenvalue weighted by atomic mass is 10.1. The highest BCUT2D eigenvalue weighted by Crippen LogP contribution is 2.35. The molecule has 1 aliphatic heterocycles. The average molecular weight is 514 g/mol. The van der Waals surface area contributed by atoms with Crippen molar-refractivity contribution < 1.29 is 19.1 Å². The zero-order valence-electron chi connectivity index (χ0n) is 19.2. The summed E-state index contributed by atoms with van der Waals surface area (Å²) in [4.78, 5) is 41.4. The number of aromatic nitrogens is 1. The topological polar surface area (TPSA) is 141 Å². The SMILES string of the molecule is CCc1ccc(N(C(=O)c2snc(C(N)=O)c2N)[C@@H](C(=O)NC[C@H]2CCCO2)c2cccs2)cc1. The normalized spacial score (nSPS) is 16.1. The fourth-order valence-corrected chi connectivity index (χ4v) is 5.51. The lowest BCUT2D eigenvalue weighted by Gasteiger charge is -2.30. The first kappa shape index (κ1) is 24.8. The van der Waals surface area contributed by atoms with Crippen LogP contribution in [0.15, 0.2) is 41.8 Å². The Balaban J connectivity index is 1.76. The van der Waals surface area contributed by atoms with Gasteiger partial charge in [0.25, 0.3) is 11.8 Å². The number of anilines is 2. The number of nitrogens with one attached hydrogen (secondary N) is 1. The van der Waals surface area contributed by atoms with Crippen LogP contribution in [0, 0.1) is 0 Å². The van der Waals surface area contributed by atoms with Crippen molar-refractivity contribution in [2.45, 2.75) is 38.3 Å². The second-order valence-electron chi connectivity index (χ2n) is 8.13. The Morgan fingerprint density at radius 2 is 2.03 bits per heavy atom. The molecule has 0 radical (unpaired) electrons. The van der Waals surface area contributed by atoms with Gasteiger partial charge in [-0.1, -0.05) is 25.1 Å². The molecule has 2 atom stereocenters. The van der Waals surface area contributed by atoms with Crippen LogP contribution in [0.3, 0.4) is 0 Å². The molecule has 3 amide bonds. The molecule has 3 aromatic rings. The Kier molecular flexibility index (Phi) is 7.79. The second-order valence-corrected chi connectivity index (χ2v) is 9.88. The number of primary amides is 1. The van der Waals surface area contributed by atoms with Gasteiger partial charge in [0.15, 0.2) is 11.7 Å². The summed E-state index contributed by atoms with van der Waals surface area (Å²) in [5, 5.41) is 4.81. The maximum Gasteiger partial charge on any atom is 0.273 e. The third-order valence-corrected chi connectivity index (χ3v) is 7.62. The van der Waals surface area contributed by atoms with Crippen molar-refractivity contribution in [1.29, 1.82) is 0 Å². The van der Waals surface area contributed by atoms with Gasteiger partial charge >= 0.3 is 0 Å². The zero-order chi connectivity index (χ0) is 24.9. The van der Waals surface area contributed by atoms with Gasteiger partial charge in [-0.15, -0.1) is 11.3 Å². The number of ether oxygens (including phenoxy) is 1. The summed E-state index contributed by atoms with van der Waals surface area (Å²) in [7, 11) is 0. The highest BCUT2D eigenvalue weighted by atomic mass is 32.1. The summed E-state index contributed by atoms with van der Waals surface area (Å²) in [5.41, 5.74) is 12.8. The van der Waals surface area contributed by atoms with Gasteiger partial charge in [0.1, 0.15) is 4.88 Å². The van der Waals surface area contributed by atoms with Gasteiger partial charge in [-0.3, -0.25) is 19.3 Å². The first-order valence-corrected chi connectivity index (χ1v) is 13.0. The third kappa shape index (κ3) is 5.37. The van der Waals surface area contributed by atoms with Crippen molar-refractivity contribution >= 4 is 52.0 Å². The fraction of sp³-hybridized carbons (Fsp3) is 0.333. The lowest BCUT2D eigenvalue weighted by Crippen LogP contribution is -2.45. The molecule has 1 fully saturated rings. The summed E-state index contributed by atoms with van der Waals surface area (Å²) < 4.78 is 9.62. The highest BCUT2D eigenvalue weighted by Gasteiger charge is 2.36. The predicted octanol–water partition coefficient (Wildman–Crippen LogP) is 3.13. The number of rotatable bonds is 9. The van der Waals surface area contributed by atoms with Crippen molar-refractivity contribution in [3.05, 3.63) is 62.8 Å². The Morgan fingerprint density at radius 3 is 2.60 bits per heavy atom. The van der Waals surface area contributed by atoms with Crippen LogP contribution in [-0.4, -0.2) is 41.4 Å². The average Bonchev–Trinajstić information content (AvgIpc) is 3.63. The standard InChI is InChI=1S/C24H27N5O4S2/c1-2-14-7-9-15(10-8-14)29(24(32)21-18(25)19(22(26)30)28-35-21)20(17-6-4-12-34-17)23(31)27-13-16-5-3-11-33-16/h4,6-10,12,16,20H,2-3,5,11,13,25H2,1H3,(H2,26,30)(H,27,31)/t16-,20-/m1/s1. The minimum absolute atomic E-state index is 0.0480. The van der Waals surface area contributed by atoms with Gasteiger partial charge < -0.3 is 21.5 Å². The number of nitrogen functional groups attached to an aromatic ring is 1. The maximum absolute atomic E-state index is 13.9. The molecule has 11 heteroatoms. The summed E-state index contributed by atoms with van der Waals surface area (Å²) >= 11 is 2.16. The predicted molar refractivity (Wildman–Crippen MR) is 137 cm³/mol. The van der Waals surface area contributed by atoms with E-state index in [1.165, 1.54) is 16.2 Å².